The highest BCUT2D eigenvalue weighted by Gasteiger charge is 2.54. The number of nitrogens with zero attached hydrogens (tertiary/aromatic N) is 2. The second kappa shape index (κ2) is 3.33. The van der Waals surface area contributed by atoms with Gasteiger partial charge in [-0.2, -0.15) is 0 Å². The van der Waals surface area contributed by atoms with Crippen LogP contribution in [0.2, 0.25) is 0 Å². The molecule has 1 heterocycles. The first-order valence-corrected chi connectivity index (χ1v) is 6.72. The quantitative estimate of drug-likeness (QED) is 0.868. The van der Waals surface area contributed by atoms with E-state index in [9.17, 15) is 9.90 Å². The summed E-state index contributed by atoms with van der Waals surface area (Å²) >= 11 is 0. The van der Waals surface area contributed by atoms with Crippen molar-refractivity contribution in [3.05, 3.63) is 11.4 Å². The monoisotopic (exact) mass is 248 g/mol. The fourth-order valence-electron chi connectivity index (χ4n) is 5.08. The van der Waals surface area contributed by atoms with E-state index in [2.05, 4.69) is 10.3 Å². The van der Waals surface area contributed by atoms with Crippen molar-refractivity contribution in [2.45, 2.75) is 43.9 Å². The average Bonchev–Trinajstić information content (AvgIpc) is 2.76. The van der Waals surface area contributed by atoms with Crippen molar-refractivity contribution in [2.75, 3.05) is 0 Å². The van der Waals surface area contributed by atoms with Crippen LogP contribution in [0.4, 0.5) is 0 Å². The third kappa shape index (κ3) is 1.30. The van der Waals surface area contributed by atoms with Gasteiger partial charge in [-0.15, -0.1) is 0 Å². The number of hydrogen-bond acceptors (Lipinski definition) is 4. The van der Waals surface area contributed by atoms with Crippen molar-refractivity contribution in [3.63, 3.8) is 0 Å². The van der Waals surface area contributed by atoms with Gasteiger partial charge in [-0.1, -0.05) is 5.16 Å². The first kappa shape index (κ1) is 10.5. The lowest BCUT2D eigenvalue weighted by molar-refractivity contribution is -0.00907. The van der Waals surface area contributed by atoms with E-state index in [-0.39, 0.29) is 11.1 Å². The summed E-state index contributed by atoms with van der Waals surface area (Å²) in [4.78, 5) is 11.2. The highest BCUT2D eigenvalue weighted by molar-refractivity contribution is 5.86. The van der Waals surface area contributed by atoms with E-state index < -0.39 is 5.97 Å². The van der Waals surface area contributed by atoms with Crippen LogP contribution in [0.3, 0.4) is 0 Å². The molecule has 1 N–H and O–H groups in total. The lowest BCUT2D eigenvalue weighted by Gasteiger charge is -2.55. The van der Waals surface area contributed by atoms with E-state index in [1.807, 2.05) is 0 Å². The average molecular weight is 248 g/mol. The van der Waals surface area contributed by atoms with E-state index in [0.717, 1.165) is 37.0 Å². The van der Waals surface area contributed by atoms with Crippen LogP contribution >= 0.6 is 0 Å². The third-order valence-electron chi connectivity index (χ3n) is 5.23. The molecule has 4 bridgehead atoms. The van der Waals surface area contributed by atoms with E-state index in [4.69, 9.17) is 4.63 Å². The summed E-state index contributed by atoms with van der Waals surface area (Å²) < 4.78 is 4.72. The fraction of sp³-hybridized carbons (Fsp3) is 0.769. The fourth-order valence-corrected chi connectivity index (χ4v) is 5.08. The SMILES string of the molecule is O=C(O)c1nonc1C12CC3CC(CC(C3)C1)C2. The van der Waals surface area contributed by atoms with E-state index in [1.165, 1.54) is 19.3 Å². The van der Waals surface area contributed by atoms with Gasteiger partial charge in [0.1, 0.15) is 5.69 Å². The number of rotatable bonds is 2. The zero-order valence-corrected chi connectivity index (χ0v) is 10.1. The number of aromatic nitrogens is 2. The molecule has 5 nitrogen and oxygen atoms in total. The van der Waals surface area contributed by atoms with E-state index >= 15 is 0 Å². The van der Waals surface area contributed by atoms with Crippen molar-refractivity contribution in [1.82, 2.24) is 10.3 Å². The molecule has 0 atom stereocenters. The number of hydrogen-bond donors (Lipinski definition) is 1. The van der Waals surface area contributed by atoms with Gasteiger partial charge in [-0.3, -0.25) is 0 Å². The summed E-state index contributed by atoms with van der Waals surface area (Å²) in [5.41, 5.74) is 0.605. The summed E-state index contributed by atoms with van der Waals surface area (Å²) in [6, 6.07) is 0. The van der Waals surface area contributed by atoms with Gasteiger partial charge in [0.25, 0.3) is 0 Å². The van der Waals surface area contributed by atoms with Crippen LogP contribution in [0.1, 0.15) is 54.7 Å². The molecule has 1 aromatic rings. The van der Waals surface area contributed by atoms with Crippen molar-refractivity contribution >= 4 is 5.97 Å². The standard InChI is InChI=1S/C13H16N2O3/c16-12(17)10-11(15-18-14-10)13-4-7-1-8(5-13)3-9(2-7)6-13/h7-9H,1-6H2,(H,16,17). The summed E-state index contributed by atoms with van der Waals surface area (Å²) in [7, 11) is 0. The van der Waals surface area contributed by atoms with Gasteiger partial charge in [-0.25, -0.2) is 9.42 Å². The summed E-state index contributed by atoms with van der Waals surface area (Å²) in [5, 5.41) is 16.7. The minimum Gasteiger partial charge on any atom is -0.476 e. The highest BCUT2D eigenvalue weighted by Crippen LogP contribution is 2.60. The van der Waals surface area contributed by atoms with Crippen LogP contribution in [0.5, 0.6) is 0 Å². The topological polar surface area (TPSA) is 76.2 Å². The first-order chi connectivity index (χ1) is 8.66. The zero-order chi connectivity index (χ0) is 12.3. The van der Waals surface area contributed by atoms with Crippen LogP contribution in [0.15, 0.2) is 4.63 Å². The Kier molecular flexibility index (Phi) is 1.95. The molecule has 4 saturated carbocycles. The van der Waals surface area contributed by atoms with Crippen molar-refractivity contribution in [1.29, 1.82) is 0 Å². The molecule has 0 radical (unpaired) electrons. The molecule has 0 amide bonds. The van der Waals surface area contributed by atoms with Gasteiger partial charge in [0.15, 0.2) is 0 Å². The summed E-state index contributed by atoms with van der Waals surface area (Å²) in [6.07, 6.45) is 7.21. The Balaban J connectivity index is 1.79. The first-order valence-electron chi connectivity index (χ1n) is 6.72. The number of carboxylic acid groups (broad SMARTS) is 1. The summed E-state index contributed by atoms with van der Waals surface area (Å²) in [5.74, 6) is 1.26. The maximum Gasteiger partial charge on any atom is 0.360 e. The molecular weight excluding hydrogens is 232 g/mol. The van der Waals surface area contributed by atoms with Gasteiger partial charge in [-0.05, 0) is 61.4 Å². The number of carboxylic acids is 1. The Morgan fingerprint density at radius 1 is 1.11 bits per heavy atom. The predicted octanol–water partition coefficient (Wildman–Crippen LogP) is 2.24. The normalized spacial score (nSPS) is 41.2. The maximum atomic E-state index is 11.2. The Labute approximate surface area is 105 Å². The van der Waals surface area contributed by atoms with Crippen molar-refractivity contribution in [3.8, 4) is 0 Å². The second-order valence-corrected chi connectivity index (χ2v) is 6.46. The highest BCUT2D eigenvalue weighted by atomic mass is 16.6. The molecule has 4 fully saturated rings. The van der Waals surface area contributed by atoms with Crippen LogP contribution in [0, 0.1) is 17.8 Å². The van der Waals surface area contributed by atoms with Gasteiger partial charge < -0.3 is 5.11 Å². The molecule has 1 aromatic heterocycles. The third-order valence-corrected chi connectivity index (χ3v) is 5.23. The smallest absolute Gasteiger partial charge is 0.360 e. The molecule has 5 heteroatoms. The largest absolute Gasteiger partial charge is 0.476 e. The molecule has 4 aliphatic carbocycles. The molecule has 96 valence electrons. The Bertz CT molecular complexity index is 473. The lowest BCUT2D eigenvalue weighted by Crippen LogP contribution is -2.49. The molecular formula is C13H16N2O3. The van der Waals surface area contributed by atoms with Gasteiger partial charge in [0.2, 0.25) is 5.69 Å². The molecule has 0 aromatic carbocycles. The Morgan fingerprint density at radius 3 is 2.17 bits per heavy atom. The maximum absolute atomic E-state index is 11.2. The van der Waals surface area contributed by atoms with E-state index in [1.54, 1.807) is 0 Å². The zero-order valence-electron chi connectivity index (χ0n) is 10.1. The number of aromatic carboxylic acids is 1. The number of carbonyl (C=O) groups is 1. The van der Waals surface area contributed by atoms with Crippen LogP contribution in [-0.4, -0.2) is 21.4 Å². The second-order valence-electron chi connectivity index (χ2n) is 6.46. The van der Waals surface area contributed by atoms with Crippen molar-refractivity contribution in [2.24, 2.45) is 17.8 Å². The lowest BCUT2D eigenvalue weighted by atomic mass is 9.48. The van der Waals surface area contributed by atoms with Gasteiger partial charge in [0, 0.05) is 5.41 Å². The molecule has 18 heavy (non-hydrogen) atoms. The molecule has 5 rings (SSSR count). The van der Waals surface area contributed by atoms with Crippen LogP contribution in [-0.2, 0) is 5.41 Å². The van der Waals surface area contributed by atoms with Crippen LogP contribution in [0.25, 0.3) is 0 Å². The summed E-state index contributed by atoms with van der Waals surface area (Å²) in [6.45, 7) is 0. The Morgan fingerprint density at radius 2 is 1.67 bits per heavy atom. The minimum absolute atomic E-state index is 0.0388. The molecule has 4 aliphatic rings. The molecule has 0 saturated heterocycles. The van der Waals surface area contributed by atoms with Gasteiger partial charge >= 0.3 is 5.97 Å². The molecule has 0 aliphatic heterocycles. The molecule has 0 unspecified atom stereocenters. The van der Waals surface area contributed by atoms with E-state index in [0.29, 0.717) is 5.69 Å². The van der Waals surface area contributed by atoms with Crippen molar-refractivity contribution < 1.29 is 14.5 Å². The van der Waals surface area contributed by atoms with Crippen LogP contribution < -0.4 is 0 Å². The predicted molar refractivity (Wildman–Crippen MR) is 61.1 cm³/mol. The minimum atomic E-state index is -1.01. The Hall–Kier alpha value is -1.39. The molecule has 0 spiro atoms. The van der Waals surface area contributed by atoms with Gasteiger partial charge in [0.05, 0.1) is 0 Å².